The van der Waals surface area contributed by atoms with Crippen LogP contribution in [0.5, 0.6) is 0 Å². The lowest BCUT2D eigenvalue weighted by Gasteiger charge is -2.39. The Hall–Kier alpha value is -2.09. The molecule has 0 saturated carbocycles. The molecular weight excluding hydrogens is 327 g/mol. The van der Waals surface area contributed by atoms with E-state index in [1.807, 2.05) is 0 Å². The van der Waals surface area contributed by atoms with Crippen molar-refractivity contribution in [3.8, 4) is 0 Å². The molecule has 8 heteroatoms. The lowest BCUT2D eigenvalue weighted by molar-refractivity contribution is -0.152. The van der Waals surface area contributed by atoms with Crippen LogP contribution >= 0.6 is 0 Å². The monoisotopic (exact) mass is 345 g/mol. The number of carbonyl (C=O) groups is 2. The number of ether oxygens (including phenoxy) is 1. The highest BCUT2D eigenvalue weighted by atomic mass is 19.4. The highest BCUT2D eigenvalue weighted by Crippen LogP contribution is 2.39. The Balaban J connectivity index is 2.45. The zero-order valence-corrected chi connectivity index (χ0v) is 13.0. The highest BCUT2D eigenvalue weighted by Gasteiger charge is 2.41. The summed E-state index contributed by atoms with van der Waals surface area (Å²) in [5.74, 6) is -2.37. The van der Waals surface area contributed by atoms with Gasteiger partial charge in [-0.2, -0.15) is 13.2 Å². The molecule has 1 aliphatic heterocycles. The number of carboxylic acid groups (broad SMARTS) is 1. The van der Waals surface area contributed by atoms with Crippen molar-refractivity contribution in [1.29, 1.82) is 0 Å². The maximum atomic E-state index is 13.0. The second-order valence-corrected chi connectivity index (χ2v) is 5.63. The van der Waals surface area contributed by atoms with E-state index in [1.54, 1.807) is 0 Å². The first-order chi connectivity index (χ1) is 11.3. The number of alkyl halides is 3. The van der Waals surface area contributed by atoms with Crippen LogP contribution in [0.4, 0.5) is 13.2 Å². The van der Waals surface area contributed by atoms with Crippen LogP contribution in [0.2, 0.25) is 0 Å². The van der Waals surface area contributed by atoms with Gasteiger partial charge in [0.2, 0.25) is 5.91 Å². The summed E-state index contributed by atoms with van der Waals surface area (Å²) in [5, 5.41) is 9.44. The number of nitrogens with zero attached hydrogens (tertiary/aromatic N) is 1. The van der Waals surface area contributed by atoms with Gasteiger partial charge in [0.15, 0.2) is 0 Å². The Morgan fingerprint density at radius 2 is 2.12 bits per heavy atom. The second-order valence-electron chi connectivity index (χ2n) is 5.63. The Kier molecular flexibility index (Phi) is 5.48. The number of piperidine rings is 1. The Labute approximate surface area is 137 Å². The van der Waals surface area contributed by atoms with Crippen LogP contribution in [-0.4, -0.2) is 42.1 Å². The molecule has 1 aliphatic rings. The van der Waals surface area contributed by atoms with Gasteiger partial charge in [-0.25, -0.2) is 0 Å². The molecule has 1 N–H and O–H groups in total. The van der Waals surface area contributed by atoms with Gasteiger partial charge in [-0.05, 0) is 24.1 Å². The van der Waals surface area contributed by atoms with Crippen LogP contribution in [0.3, 0.4) is 0 Å². The standard InChI is InChI=1S/C16H18F3NO4/c1-24-8-7-20-13(21)6-5-12(15(22)23)14(20)10-3-2-4-11(9-10)16(17,18)19/h2-4,9,12,14H,5-8H2,1H3,(H,22,23)/t12-,14+/m1/s1. The summed E-state index contributed by atoms with van der Waals surface area (Å²) in [6.07, 6.45) is -4.39. The molecule has 0 radical (unpaired) electrons. The molecule has 0 aliphatic carbocycles. The molecule has 132 valence electrons. The van der Waals surface area contributed by atoms with Crippen molar-refractivity contribution in [1.82, 2.24) is 4.90 Å². The molecule has 0 aromatic heterocycles. The maximum Gasteiger partial charge on any atom is 0.416 e. The van der Waals surface area contributed by atoms with E-state index in [4.69, 9.17) is 4.74 Å². The van der Waals surface area contributed by atoms with Crippen molar-refractivity contribution in [2.24, 2.45) is 5.92 Å². The molecule has 2 atom stereocenters. The summed E-state index contributed by atoms with van der Waals surface area (Å²) >= 11 is 0. The van der Waals surface area contributed by atoms with Gasteiger partial charge in [-0.1, -0.05) is 12.1 Å². The highest BCUT2D eigenvalue weighted by molar-refractivity contribution is 5.81. The van der Waals surface area contributed by atoms with Gasteiger partial charge in [0.25, 0.3) is 0 Å². The number of likely N-dealkylation sites (tertiary alicyclic amines) is 1. The molecule has 0 unspecified atom stereocenters. The van der Waals surface area contributed by atoms with E-state index >= 15 is 0 Å². The van der Waals surface area contributed by atoms with E-state index in [0.29, 0.717) is 0 Å². The molecule has 1 amide bonds. The zero-order valence-electron chi connectivity index (χ0n) is 13.0. The van der Waals surface area contributed by atoms with Gasteiger partial charge in [-0.15, -0.1) is 0 Å². The molecule has 24 heavy (non-hydrogen) atoms. The van der Waals surface area contributed by atoms with E-state index in [0.717, 1.165) is 12.1 Å². The fourth-order valence-corrected chi connectivity index (χ4v) is 2.98. The predicted octanol–water partition coefficient (Wildman–Crippen LogP) is 2.72. The summed E-state index contributed by atoms with van der Waals surface area (Å²) in [7, 11) is 1.43. The third-order valence-corrected chi connectivity index (χ3v) is 4.12. The molecule has 1 heterocycles. The smallest absolute Gasteiger partial charge is 0.416 e. The number of carboxylic acids is 1. The average molecular weight is 345 g/mol. The minimum atomic E-state index is -4.54. The maximum absolute atomic E-state index is 13.0. The summed E-state index contributed by atoms with van der Waals surface area (Å²) in [4.78, 5) is 25.1. The van der Waals surface area contributed by atoms with E-state index in [9.17, 15) is 27.9 Å². The fourth-order valence-electron chi connectivity index (χ4n) is 2.98. The van der Waals surface area contributed by atoms with Crippen LogP contribution in [0, 0.1) is 5.92 Å². The minimum Gasteiger partial charge on any atom is -0.481 e. The second kappa shape index (κ2) is 7.21. The molecule has 1 fully saturated rings. The van der Waals surface area contributed by atoms with Crippen LogP contribution in [0.25, 0.3) is 0 Å². The molecule has 1 aromatic carbocycles. The van der Waals surface area contributed by atoms with Gasteiger partial charge >= 0.3 is 12.1 Å². The summed E-state index contributed by atoms with van der Waals surface area (Å²) in [5.41, 5.74) is -0.699. The van der Waals surface area contributed by atoms with Crippen LogP contribution in [0.1, 0.15) is 30.0 Å². The van der Waals surface area contributed by atoms with E-state index in [-0.39, 0.29) is 37.5 Å². The third kappa shape index (κ3) is 3.87. The summed E-state index contributed by atoms with van der Waals surface area (Å²) < 4.78 is 43.8. The number of hydrogen-bond acceptors (Lipinski definition) is 3. The number of halogens is 3. The van der Waals surface area contributed by atoms with Crippen LogP contribution < -0.4 is 0 Å². The lowest BCUT2D eigenvalue weighted by Crippen LogP contribution is -2.46. The Morgan fingerprint density at radius 1 is 1.42 bits per heavy atom. The zero-order chi connectivity index (χ0) is 17.9. The quantitative estimate of drug-likeness (QED) is 0.891. The molecule has 2 rings (SSSR count). The SMILES string of the molecule is COCCN1C(=O)CC[C@@H](C(=O)O)[C@@H]1c1cccc(C(F)(F)F)c1. The largest absolute Gasteiger partial charge is 0.481 e. The summed E-state index contributed by atoms with van der Waals surface area (Å²) in [6, 6.07) is 3.54. The number of rotatable bonds is 5. The van der Waals surface area contributed by atoms with Gasteiger partial charge in [-0.3, -0.25) is 9.59 Å². The number of amides is 1. The average Bonchev–Trinajstić information content (AvgIpc) is 2.52. The number of benzene rings is 1. The van der Waals surface area contributed by atoms with Crippen LogP contribution in [-0.2, 0) is 20.5 Å². The van der Waals surface area contributed by atoms with E-state index in [2.05, 4.69) is 0 Å². The predicted molar refractivity (Wildman–Crippen MR) is 78.1 cm³/mol. The van der Waals surface area contributed by atoms with Crippen molar-refractivity contribution >= 4 is 11.9 Å². The topological polar surface area (TPSA) is 66.8 Å². The van der Waals surface area contributed by atoms with Crippen molar-refractivity contribution in [3.05, 3.63) is 35.4 Å². The van der Waals surface area contributed by atoms with Gasteiger partial charge in [0.05, 0.1) is 24.1 Å². The first-order valence-electron chi connectivity index (χ1n) is 7.44. The molecule has 1 aromatic rings. The third-order valence-electron chi connectivity index (χ3n) is 4.12. The Bertz CT molecular complexity index is 618. The number of carbonyl (C=O) groups excluding carboxylic acids is 1. The van der Waals surface area contributed by atoms with Crippen molar-refractivity contribution in [2.75, 3.05) is 20.3 Å². The molecule has 0 bridgehead atoms. The molecule has 5 nitrogen and oxygen atoms in total. The summed E-state index contributed by atoms with van der Waals surface area (Å²) in [6.45, 7) is 0.299. The van der Waals surface area contributed by atoms with Crippen molar-refractivity contribution in [2.45, 2.75) is 25.1 Å². The molecular formula is C16H18F3NO4. The van der Waals surface area contributed by atoms with Gasteiger partial charge < -0.3 is 14.7 Å². The lowest BCUT2D eigenvalue weighted by atomic mass is 9.84. The fraction of sp³-hybridized carbons (Fsp3) is 0.500. The first kappa shape index (κ1) is 18.3. The van der Waals surface area contributed by atoms with Gasteiger partial charge in [0, 0.05) is 20.1 Å². The van der Waals surface area contributed by atoms with E-state index in [1.165, 1.54) is 24.1 Å². The molecule has 1 saturated heterocycles. The van der Waals surface area contributed by atoms with Gasteiger partial charge in [0.1, 0.15) is 0 Å². The van der Waals surface area contributed by atoms with Crippen molar-refractivity contribution in [3.63, 3.8) is 0 Å². The van der Waals surface area contributed by atoms with Crippen molar-refractivity contribution < 1.29 is 32.6 Å². The molecule has 0 spiro atoms. The van der Waals surface area contributed by atoms with Crippen LogP contribution in [0.15, 0.2) is 24.3 Å². The number of hydrogen-bond donors (Lipinski definition) is 1. The normalized spacial score (nSPS) is 21.8. The Morgan fingerprint density at radius 3 is 2.71 bits per heavy atom. The first-order valence-corrected chi connectivity index (χ1v) is 7.44. The number of methoxy groups -OCH3 is 1. The van der Waals surface area contributed by atoms with E-state index < -0.39 is 29.7 Å². The number of aliphatic carboxylic acids is 1. The minimum absolute atomic E-state index is 0.0517.